The minimum absolute atomic E-state index is 0.234. The molecule has 0 aromatic heterocycles. The standard InChI is InChI=1S/C36H46O3Si/c1-20-14-30(17-33(37-11)23(20)4)40(36-28(9)26(7)27(8)29(36)10,31-15-21(2)24(5)34(18-31)38-12)32-16-22(3)25(6)35(19-32)39-13/h14-19,36H,1-13H3. The van der Waals surface area contributed by atoms with Crippen LogP contribution in [0.2, 0.25) is 5.54 Å². The summed E-state index contributed by atoms with van der Waals surface area (Å²) in [5.74, 6) is 2.81. The molecular weight excluding hydrogens is 508 g/mol. The van der Waals surface area contributed by atoms with Gasteiger partial charge in [0.15, 0.2) is 8.07 Å². The van der Waals surface area contributed by atoms with Crippen LogP contribution in [0.3, 0.4) is 0 Å². The highest BCUT2D eigenvalue weighted by molar-refractivity contribution is 7.13. The maximum atomic E-state index is 6.02. The second kappa shape index (κ2) is 11.0. The van der Waals surface area contributed by atoms with Gasteiger partial charge in [-0.3, -0.25) is 0 Å². The summed E-state index contributed by atoms with van der Waals surface area (Å²) in [6, 6.07) is 14.2. The van der Waals surface area contributed by atoms with E-state index < -0.39 is 8.07 Å². The number of allylic oxidation sites excluding steroid dienone is 4. The predicted octanol–water partition coefficient (Wildman–Crippen LogP) is 7.09. The molecule has 0 radical (unpaired) electrons. The van der Waals surface area contributed by atoms with Crippen molar-refractivity contribution in [1.82, 2.24) is 0 Å². The molecule has 3 nitrogen and oxygen atoms in total. The second-order valence-corrected chi connectivity index (χ2v) is 15.6. The van der Waals surface area contributed by atoms with E-state index in [4.69, 9.17) is 14.2 Å². The number of ether oxygens (including phenoxy) is 3. The van der Waals surface area contributed by atoms with E-state index in [-0.39, 0.29) is 5.54 Å². The number of methoxy groups -OCH3 is 3. The van der Waals surface area contributed by atoms with Gasteiger partial charge < -0.3 is 14.2 Å². The third kappa shape index (κ3) is 4.41. The summed E-state index contributed by atoms with van der Waals surface area (Å²) in [7, 11) is 2.49. The van der Waals surface area contributed by atoms with E-state index in [1.165, 1.54) is 71.2 Å². The minimum atomic E-state index is -2.86. The van der Waals surface area contributed by atoms with Gasteiger partial charge in [0, 0.05) is 5.54 Å². The van der Waals surface area contributed by atoms with Gasteiger partial charge in [-0.15, -0.1) is 0 Å². The van der Waals surface area contributed by atoms with Crippen LogP contribution in [0.5, 0.6) is 17.2 Å². The van der Waals surface area contributed by atoms with E-state index in [0.29, 0.717) is 0 Å². The second-order valence-electron chi connectivity index (χ2n) is 11.7. The molecule has 40 heavy (non-hydrogen) atoms. The lowest BCUT2D eigenvalue weighted by Gasteiger charge is -2.42. The SMILES string of the molecule is COc1cc([Si](c2cc(C)c(C)c(OC)c2)(c2cc(C)c(C)c(OC)c2)C2C(C)=C(C)C(C)=C2C)cc(C)c1C. The van der Waals surface area contributed by atoms with Gasteiger partial charge in [-0.2, -0.15) is 0 Å². The first-order valence-corrected chi connectivity index (χ1v) is 16.2. The minimum Gasteiger partial charge on any atom is -0.496 e. The molecule has 1 aliphatic carbocycles. The number of hydrogen-bond donors (Lipinski definition) is 0. The zero-order valence-corrected chi connectivity index (χ0v) is 27.8. The fraction of sp³-hybridized carbons (Fsp3) is 0.389. The molecule has 3 aromatic carbocycles. The topological polar surface area (TPSA) is 27.7 Å². The van der Waals surface area contributed by atoms with Crippen LogP contribution >= 0.6 is 0 Å². The van der Waals surface area contributed by atoms with Crippen LogP contribution < -0.4 is 29.8 Å². The van der Waals surface area contributed by atoms with E-state index in [0.717, 1.165) is 17.2 Å². The Morgan fingerprint density at radius 1 is 0.450 bits per heavy atom. The maximum Gasteiger partial charge on any atom is 0.159 e. The quantitative estimate of drug-likeness (QED) is 0.231. The summed E-state index contributed by atoms with van der Waals surface area (Å²) in [6.07, 6.45) is 0. The van der Waals surface area contributed by atoms with Gasteiger partial charge in [0.2, 0.25) is 0 Å². The van der Waals surface area contributed by atoms with Crippen molar-refractivity contribution in [2.24, 2.45) is 0 Å². The van der Waals surface area contributed by atoms with Crippen molar-refractivity contribution in [2.45, 2.75) is 74.8 Å². The van der Waals surface area contributed by atoms with Crippen molar-refractivity contribution >= 4 is 23.6 Å². The van der Waals surface area contributed by atoms with Crippen LogP contribution in [0.1, 0.15) is 61.1 Å². The molecule has 212 valence electrons. The van der Waals surface area contributed by atoms with Gasteiger partial charge >= 0.3 is 0 Å². The van der Waals surface area contributed by atoms with Crippen molar-refractivity contribution in [3.8, 4) is 17.2 Å². The Balaban J connectivity index is 2.34. The third-order valence-electron chi connectivity index (χ3n) is 9.93. The molecule has 0 heterocycles. The molecular formula is C36H46O3Si. The van der Waals surface area contributed by atoms with Crippen molar-refractivity contribution in [1.29, 1.82) is 0 Å². The summed E-state index contributed by atoms with van der Waals surface area (Å²) in [4.78, 5) is 0. The highest BCUT2D eigenvalue weighted by Gasteiger charge is 2.51. The molecule has 0 unspecified atom stereocenters. The number of hydrogen-bond acceptors (Lipinski definition) is 3. The predicted molar refractivity (Wildman–Crippen MR) is 173 cm³/mol. The van der Waals surface area contributed by atoms with Crippen LogP contribution in [0.4, 0.5) is 0 Å². The molecule has 3 aromatic rings. The van der Waals surface area contributed by atoms with E-state index in [1.54, 1.807) is 21.3 Å². The van der Waals surface area contributed by atoms with E-state index in [1.807, 2.05) is 0 Å². The van der Waals surface area contributed by atoms with Crippen LogP contribution in [0, 0.1) is 41.5 Å². The Morgan fingerprint density at radius 3 is 0.975 bits per heavy atom. The number of rotatable bonds is 7. The number of benzene rings is 3. The summed E-state index contributed by atoms with van der Waals surface area (Å²) < 4.78 is 18.0. The van der Waals surface area contributed by atoms with Crippen LogP contribution in [-0.4, -0.2) is 29.4 Å². The first-order valence-electron chi connectivity index (χ1n) is 14.2. The summed E-state index contributed by atoms with van der Waals surface area (Å²) in [5.41, 5.74) is 13.2. The lowest BCUT2D eigenvalue weighted by Crippen LogP contribution is -2.70. The van der Waals surface area contributed by atoms with Gasteiger partial charge in [0.05, 0.1) is 21.3 Å². The smallest absolute Gasteiger partial charge is 0.159 e. The normalized spacial score (nSPS) is 14.3. The zero-order chi connectivity index (χ0) is 29.7. The molecule has 0 bridgehead atoms. The van der Waals surface area contributed by atoms with Crippen molar-refractivity contribution in [3.63, 3.8) is 0 Å². The molecule has 0 aliphatic heterocycles. The Labute approximate surface area is 242 Å². The Morgan fingerprint density at radius 2 is 0.725 bits per heavy atom. The summed E-state index contributed by atoms with van der Waals surface area (Å²) >= 11 is 0. The highest BCUT2D eigenvalue weighted by Crippen LogP contribution is 2.47. The van der Waals surface area contributed by atoms with Gasteiger partial charge in [-0.25, -0.2) is 0 Å². The van der Waals surface area contributed by atoms with Crippen LogP contribution in [-0.2, 0) is 0 Å². The van der Waals surface area contributed by atoms with Gasteiger partial charge in [-0.1, -0.05) is 29.3 Å². The average molecular weight is 555 g/mol. The molecule has 4 heteroatoms. The molecule has 0 saturated carbocycles. The zero-order valence-electron chi connectivity index (χ0n) is 26.8. The van der Waals surface area contributed by atoms with Gasteiger partial charge in [-0.05, 0) is 148 Å². The van der Waals surface area contributed by atoms with E-state index in [9.17, 15) is 0 Å². The molecule has 0 N–H and O–H groups in total. The fourth-order valence-corrected chi connectivity index (χ4v) is 12.9. The lowest BCUT2D eigenvalue weighted by atomic mass is 10.1. The van der Waals surface area contributed by atoms with Crippen LogP contribution in [0.15, 0.2) is 58.7 Å². The first kappa shape index (κ1) is 29.7. The molecule has 0 atom stereocenters. The average Bonchev–Trinajstić information content (AvgIpc) is 3.12. The number of aryl methyl sites for hydroxylation is 3. The Hall–Kier alpha value is -3.24. The van der Waals surface area contributed by atoms with Crippen LogP contribution in [0.25, 0.3) is 0 Å². The monoisotopic (exact) mass is 554 g/mol. The van der Waals surface area contributed by atoms with Crippen molar-refractivity contribution in [3.05, 3.63) is 92.1 Å². The van der Waals surface area contributed by atoms with Gasteiger partial charge in [0.1, 0.15) is 17.2 Å². The molecule has 1 aliphatic rings. The summed E-state index contributed by atoms with van der Waals surface area (Å²) in [6.45, 7) is 22.3. The molecule has 0 saturated heterocycles. The maximum absolute atomic E-state index is 6.02. The third-order valence-corrected chi connectivity index (χ3v) is 15.3. The Kier molecular flexibility index (Phi) is 8.15. The highest BCUT2D eigenvalue weighted by atomic mass is 28.3. The van der Waals surface area contributed by atoms with Gasteiger partial charge in [0.25, 0.3) is 0 Å². The fourth-order valence-electron chi connectivity index (χ4n) is 6.80. The lowest BCUT2D eigenvalue weighted by molar-refractivity contribution is 0.411. The molecule has 0 fully saturated rings. The van der Waals surface area contributed by atoms with Crippen molar-refractivity contribution in [2.75, 3.05) is 21.3 Å². The molecule has 4 rings (SSSR count). The molecule has 0 spiro atoms. The van der Waals surface area contributed by atoms with E-state index >= 15 is 0 Å². The largest absolute Gasteiger partial charge is 0.496 e. The molecule has 0 amide bonds. The van der Waals surface area contributed by atoms with E-state index in [2.05, 4.69) is 106 Å². The summed E-state index contributed by atoms with van der Waals surface area (Å²) in [5, 5.41) is 4.03. The van der Waals surface area contributed by atoms with Crippen molar-refractivity contribution < 1.29 is 14.2 Å². The first-order chi connectivity index (χ1) is 18.8. The Bertz CT molecular complexity index is 1390.